The van der Waals surface area contributed by atoms with Crippen LogP contribution in [0.2, 0.25) is 5.02 Å². The van der Waals surface area contributed by atoms with Crippen LogP contribution in [0.1, 0.15) is 15.9 Å². The molecule has 2 aromatic carbocycles. The smallest absolute Gasteiger partial charge is 0.416 e. The van der Waals surface area contributed by atoms with Gasteiger partial charge in [0, 0.05) is 6.54 Å². The van der Waals surface area contributed by atoms with E-state index in [9.17, 15) is 22.4 Å². The SMILES string of the molecule is O=C(c1cc(C(F)(F)F)cc(Cl)c1F)N1CCOC(COc2ccc(-n3cncn3)cc2)C1. The van der Waals surface area contributed by atoms with Gasteiger partial charge in [-0.3, -0.25) is 4.79 Å². The molecule has 33 heavy (non-hydrogen) atoms. The number of hydrogen-bond acceptors (Lipinski definition) is 5. The van der Waals surface area contributed by atoms with Gasteiger partial charge in [0.15, 0.2) is 5.82 Å². The van der Waals surface area contributed by atoms with Gasteiger partial charge < -0.3 is 14.4 Å². The molecule has 4 rings (SSSR count). The third-order valence-electron chi connectivity index (χ3n) is 4.97. The van der Waals surface area contributed by atoms with E-state index in [1.165, 1.54) is 11.2 Å². The molecule has 1 fully saturated rings. The van der Waals surface area contributed by atoms with Crippen LogP contribution in [0, 0.1) is 5.82 Å². The molecule has 12 heteroatoms. The minimum atomic E-state index is -4.77. The fraction of sp³-hybridized carbons (Fsp3) is 0.286. The third kappa shape index (κ3) is 5.25. The average Bonchev–Trinajstić information content (AvgIpc) is 3.34. The monoisotopic (exact) mass is 484 g/mol. The molecule has 3 aromatic rings. The lowest BCUT2D eigenvalue weighted by molar-refractivity contribution is -0.137. The maximum absolute atomic E-state index is 14.4. The van der Waals surface area contributed by atoms with Crippen molar-refractivity contribution in [3.63, 3.8) is 0 Å². The van der Waals surface area contributed by atoms with E-state index in [2.05, 4.69) is 10.1 Å². The summed E-state index contributed by atoms with van der Waals surface area (Å²) in [7, 11) is 0. The fourth-order valence-corrected chi connectivity index (χ4v) is 3.53. The van der Waals surface area contributed by atoms with Crippen molar-refractivity contribution in [3.05, 3.63) is 71.0 Å². The zero-order valence-electron chi connectivity index (χ0n) is 16.9. The number of carbonyl (C=O) groups is 1. The highest BCUT2D eigenvalue weighted by atomic mass is 35.5. The first-order valence-corrected chi connectivity index (χ1v) is 10.1. The molecule has 2 heterocycles. The zero-order chi connectivity index (χ0) is 23.6. The molecule has 0 spiro atoms. The highest BCUT2D eigenvalue weighted by Crippen LogP contribution is 2.34. The summed E-state index contributed by atoms with van der Waals surface area (Å²) in [5.41, 5.74) is -1.15. The summed E-state index contributed by atoms with van der Waals surface area (Å²) in [5.74, 6) is -1.55. The Balaban J connectivity index is 1.40. The van der Waals surface area contributed by atoms with Gasteiger partial charge >= 0.3 is 6.18 Å². The van der Waals surface area contributed by atoms with Gasteiger partial charge in [-0.1, -0.05) is 11.6 Å². The second kappa shape index (κ2) is 9.36. The van der Waals surface area contributed by atoms with Crippen molar-refractivity contribution in [2.75, 3.05) is 26.3 Å². The Labute approximate surface area is 190 Å². The van der Waals surface area contributed by atoms with Gasteiger partial charge in [-0.25, -0.2) is 14.1 Å². The molecule has 1 aromatic heterocycles. The minimum Gasteiger partial charge on any atom is -0.491 e. The fourth-order valence-electron chi connectivity index (χ4n) is 3.31. The lowest BCUT2D eigenvalue weighted by Gasteiger charge is -2.33. The molecule has 1 unspecified atom stereocenters. The molecular formula is C21H17ClF4N4O3. The van der Waals surface area contributed by atoms with Crippen molar-refractivity contribution in [3.8, 4) is 11.4 Å². The van der Waals surface area contributed by atoms with E-state index < -0.39 is 40.2 Å². The Bertz CT molecular complexity index is 1120. The number of amides is 1. The second-order valence-electron chi connectivity index (χ2n) is 7.21. The minimum absolute atomic E-state index is 0.0170. The number of rotatable bonds is 5. The van der Waals surface area contributed by atoms with Crippen LogP contribution >= 0.6 is 11.6 Å². The number of benzene rings is 2. The molecule has 0 N–H and O–H groups in total. The van der Waals surface area contributed by atoms with Gasteiger partial charge in [-0.2, -0.15) is 18.3 Å². The van der Waals surface area contributed by atoms with E-state index in [4.69, 9.17) is 21.1 Å². The predicted octanol–water partition coefficient (Wildman–Crippen LogP) is 4.00. The first-order valence-electron chi connectivity index (χ1n) is 9.77. The number of halogens is 5. The van der Waals surface area contributed by atoms with E-state index >= 15 is 0 Å². The molecule has 0 radical (unpaired) electrons. The molecule has 0 bridgehead atoms. The van der Waals surface area contributed by atoms with Crippen molar-refractivity contribution in [2.24, 2.45) is 0 Å². The predicted molar refractivity (Wildman–Crippen MR) is 109 cm³/mol. The molecular weight excluding hydrogens is 468 g/mol. The molecule has 7 nitrogen and oxygen atoms in total. The molecule has 1 atom stereocenters. The molecule has 174 valence electrons. The number of aromatic nitrogens is 3. The highest BCUT2D eigenvalue weighted by molar-refractivity contribution is 6.31. The van der Waals surface area contributed by atoms with Crippen LogP contribution < -0.4 is 4.74 Å². The second-order valence-corrected chi connectivity index (χ2v) is 7.61. The molecule has 1 aliphatic heterocycles. The number of carbonyl (C=O) groups excluding carboxylic acids is 1. The number of alkyl halides is 3. The summed E-state index contributed by atoms with van der Waals surface area (Å²) in [6.45, 7) is 0.315. The van der Waals surface area contributed by atoms with Crippen LogP contribution in [0.3, 0.4) is 0 Å². The Hall–Kier alpha value is -3.18. The van der Waals surface area contributed by atoms with Crippen molar-refractivity contribution in [2.45, 2.75) is 12.3 Å². The number of hydrogen-bond donors (Lipinski definition) is 0. The van der Waals surface area contributed by atoms with Gasteiger partial charge in [-0.15, -0.1) is 0 Å². The first-order chi connectivity index (χ1) is 15.7. The normalized spacial score (nSPS) is 16.6. The first kappa shape index (κ1) is 23.0. The average molecular weight is 485 g/mol. The van der Waals surface area contributed by atoms with Gasteiger partial charge in [0.25, 0.3) is 5.91 Å². The summed E-state index contributed by atoms with van der Waals surface area (Å²) >= 11 is 5.60. The lowest BCUT2D eigenvalue weighted by Crippen LogP contribution is -2.47. The molecule has 1 aliphatic rings. The number of morpholine rings is 1. The van der Waals surface area contributed by atoms with E-state index in [0.29, 0.717) is 17.9 Å². The van der Waals surface area contributed by atoms with Gasteiger partial charge in [-0.05, 0) is 36.4 Å². The maximum atomic E-state index is 14.4. The Morgan fingerprint density at radius 1 is 1.24 bits per heavy atom. The van der Waals surface area contributed by atoms with Crippen molar-refractivity contribution in [1.29, 1.82) is 0 Å². The van der Waals surface area contributed by atoms with Crippen LogP contribution in [0.5, 0.6) is 5.75 Å². The summed E-state index contributed by atoms with van der Waals surface area (Å²) in [4.78, 5) is 17.9. The number of ether oxygens (including phenoxy) is 2. The van der Waals surface area contributed by atoms with Crippen LogP contribution in [0.15, 0.2) is 49.1 Å². The highest BCUT2D eigenvalue weighted by Gasteiger charge is 2.35. The quantitative estimate of drug-likeness (QED) is 0.512. The summed E-state index contributed by atoms with van der Waals surface area (Å²) in [6, 6.07) is 7.94. The maximum Gasteiger partial charge on any atom is 0.416 e. The van der Waals surface area contributed by atoms with Gasteiger partial charge in [0.2, 0.25) is 0 Å². The van der Waals surface area contributed by atoms with Crippen LogP contribution in [-0.4, -0.2) is 58.0 Å². The Kier molecular flexibility index (Phi) is 6.52. The van der Waals surface area contributed by atoms with Gasteiger partial charge in [0.1, 0.15) is 31.1 Å². The topological polar surface area (TPSA) is 69.5 Å². The lowest BCUT2D eigenvalue weighted by atomic mass is 10.1. The molecule has 1 saturated heterocycles. The summed E-state index contributed by atoms with van der Waals surface area (Å²) in [5, 5.41) is 3.26. The summed E-state index contributed by atoms with van der Waals surface area (Å²) in [6.07, 6.45) is -2.35. The molecule has 0 aliphatic carbocycles. The van der Waals surface area contributed by atoms with E-state index in [1.54, 1.807) is 35.3 Å². The van der Waals surface area contributed by atoms with Crippen LogP contribution in [-0.2, 0) is 10.9 Å². The van der Waals surface area contributed by atoms with Gasteiger partial charge in [0.05, 0.1) is 35.0 Å². The van der Waals surface area contributed by atoms with E-state index in [1.807, 2.05) is 0 Å². The third-order valence-corrected chi connectivity index (χ3v) is 5.24. The molecule has 1 amide bonds. The Morgan fingerprint density at radius 3 is 2.67 bits per heavy atom. The van der Waals surface area contributed by atoms with Crippen LogP contribution in [0.25, 0.3) is 5.69 Å². The van der Waals surface area contributed by atoms with E-state index in [-0.39, 0.29) is 26.3 Å². The van der Waals surface area contributed by atoms with E-state index in [0.717, 1.165) is 5.69 Å². The van der Waals surface area contributed by atoms with Crippen molar-refractivity contribution < 1.29 is 31.8 Å². The van der Waals surface area contributed by atoms with Crippen LogP contribution in [0.4, 0.5) is 17.6 Å². The van der Waals surface area contributed by atoms with Crippen molar-refractivity contribution in [1.82, 2.24) is 19.7 Å². The summed E-state index contributed by atoms with van der Waals surface area (Å²) < 4.78 is 66.4. The zero-order valence-corrected chi connectivity index (χ0v) is 17.7. The number of nitrogens with zero attached hydrogens (tertiary/aromatic N) is 4. The van der Waals surface area contributed by atoms with Crippen molar-refractivity contribution >= 4 is 17.5 Å². The standard InChI is InChI=1S/C21H17ClF4N4O3/c22-18-8-13(21(24,25)26)7-17(19(18)23)20(31)29-5-6-32-16(9-29)10-33-15-3-1-14(2-4-15)30-12-27-11-28-30/h1-4,7-8,11-12,16H,5-6,9-10H2. The Morgan fingerprint density at radius 2 is 2.00 bits per heavy atom. The molecule has 0 saturated carbocycles. The largest absolute Gasteiger partial charge is 0.491 e.